The molecule has 160 valence electrons. The van der Waals surface area contributed by atoms with Gasteiger partial charge < -0.3 is 10.2 Å². The number of nitriles is 1. The van der Waals surface area contributed by atoms with E-state index in [0.29, 0.717) is 41.4 Å². The second-order valence-corrected chi connectivity index (χ2v) is 8.15. The van der Waals surface area contributed by atoms with Gasteiger partial charge in [0.05, 0.1) is 11.6 Å². The Morgan fingerprint density at radius 2 is 1.62 bits per heavy atom. The van der Waals surface area contributed by atoms with E-state index in [1.807, 2.05) is 66.4 Å². The lowest BCUT2D eigenvalue weighted by molar-refractivity contribution is 0.0712. The molecule has 5 nitrogen and oxygen atoms in total. The number of benzene rings is 3. The van der Waals surface area contributed by atoms with Gasteiger partial charge in [0.25, 0.3) is 11.8 Å². The van der Waals surface area contributed by atoms with Crippen LogP contribution in [0.5, 0.6) is 0 Å². The molecule has 0 unspecified atom stereocenters. The second kappa shape index (κ2) is 9.49. The first kappa shape index (κ1) is 21.3. The Hall–Kier alpha value is -3.91. The van der Waals surface area contributed by atoms with Crippen molar-refractivity contribution in [2.45, 2.75) is 25.7 Å². The molecule has 0 radical (unpaired) electrons. The van der Waals surface area contributed by atoms with Gasteiger partial charge in [-0.1, -0.05) is 36.4 Å². The summed E-state index contributed by atoms with van der Waals surface area (Å²) in [5.41, 5.74) is 4.60. The van der Waals surface area contributed by atoms with Gasteiger partial charge in [-0.2, -0.15) is 5.26 Å². The first-order chi connectivity index (χ1) is 15.5. The Kier molecular flexibility index (Phi) is 6.32. The summed E-state index contributed by atoms with van der Waals surface area (Å²) in [6.07, 6.45) is 1.78. The summed E-state index contributed by atoms with van der Waals surface area (Å²) in [6, 6.07) is 24.4. The van der Waals surface area contributed by atoms with E-state index in [1.165, 1.54) is 5.56 Å². The van der Waals surface area contributed by atoms with Gasteiger partial charge in [0, 0.05) is 29.9 Å². The number of piperidine rings is 1. The fraction of sp³-hybridized carbons (Fsp3) is 0.222. The Bertz CT molecular complexity index is 1160. The summed E-state index contributed by atoms with van der Waals surface area (Å²) >= 11 is 0. The monoisotopic (exact) mass is 423 g/mol. The number of anilines is 1. The van der Waals surface area contributed by atoms with E-state index in [-0.39, 0.29) is 11.8 Å². The molecule has 1 N–H and O–H groups in total. The van der Waals surface area contributed by atoms with Crippen LogP contribution in [0.4, 0.5) is 5.69 Å². The Morgan fingerprint density at radius 3 is 2.28 bits per heavy atom. The average Bonchev–Trinajstić information content (AvgIpc) is 2.85. The van der Waals surface area contributed by atoms with Crippen molar-refractivity contribution < 1.29 is 9.59 Å². The molecule has 1 fully saturated rings. The van der Waals surface area contributed by atoms with Crippen LogP contribution in [0.1, 0.15) is 56.2 Å². The highest BCUT2D eigenvalue weighted by Crippen LogP contribution is 2.29. The van der Waals surface area contributed by atoms with Crippen LogP contribution in [0.15, 0.2) is 72.8 Å². The van der Waals surface area contributed by atoms with Crippen molar-refractivity contribution in [2.75, 3.05) is 18.4 Å². The molecule has 4 rings (SSSR count). The summed E-state index contributed by atoms with van der Waals surface area (Å²) in [6.45, 7) is 3.28. The minimum atomic E-state index is -0.193. The van der Waals surface area contributed by atoms with E-state index >= 15 is 0 Å². The third kappa shape index (κ3) is 4.70. The lowest BCUT2D eigenvalue weighted by Crippen LogP contribution is -2.38. The van der Waals surface area contributed by atoms with Crippen molar-refractivity contribution in [2.24, 2.45) is 0 Å². The molecule has 32 heavy (non-hydrogen) atoms. The van der Waals surface area contributed by atoms with E-state index in [1.54, 1.807) is 18.2 Å². The highest BCUT2D eigenvalue weighted by molar-refractivity contribution is 6.05. The SMILES string of the molecule is Cc1ccc(C(=O)N2CCC(c3ccc(C#N)cc3)CC2)cc1NC(=O)c1ccccc1. The first-order valence-electron chi connectivity index (χ1n) is 10.8. The van der Waals surface area contributed by atoms with Crippen LogP contribution in [0.25, 0.3) is 0 Å². The summed E-state index contributed by atoms with van der Waals surface area (Å²) < 4.78 is 0. The fourth-order valence-electron chi connectivity index (χ4n) is 4.10. The Balaban J connectivity index is 1.42. The number of carbonyl (C=O) groups excluding carboxylic acids is 2. The quantitative estimate of drug-likeness (QED) is 0.632. The minimum Gasteiger partial charge on any atom is -0.339 e. The average molecular weight is 424 g/mol. The van der Waals surface area contributed by atoms with Crippen molar-refractivity contribution >= 4 is 17.5 Å². The summed E-state index contributed by atoms with van der Waals surface area (Å²) in [4.78, 5) is 27.5. The molecule has 0 aliphatic carbocycles. The van der Waals surface area contributed by atoms with E-state index in [0.717, 1.165) is 18.4 Å². The molecular weight excluding hydrogens is 398 g/mol. The van der Waals surface area contributed by atoms with Crippen LogP contribution in [0, 0.1) is 18.3 Å². The van der Waals surface area contributed by atoms with E-state index < -0.39 is 0 Å². The van der Waals surface area contributed by atoms with Gasteiger partial charge in [0.2, 0.25) is 0 Å². The number of nitrogens with one attached hydrogen (secondary N) is 1. The predicted molar refractivity (Wildman–Crippen MR) is 125 cm³/mol. The van der Waals surface area contributed by atoms with Crippen molar-refractivity contribution in [3.8, 4) is 6.07 Å². The summed E-state index contributed by atoms with van der Waals surface area (Å²) in [5.74, 6) is 0.186. The van der Waals surface area contributed by atoms with Gasteiger partial charge >= 0.3 is 0 Å². The maximum Gasteiger partial charge on any atom is 0.255 e. The number of carbonyl (C=O) groups is 2. The Morgan fingerprint density at radius 1 is 0.938 bits per heavy atom. The molecule has 3 aromatic carbocycles. The second-order valence-electron chi connectivity index (χ2n) is 8.15. The number of amides is 2. The van der Waals surface area contributed by atoms with Gasteiger partial charge in [-0.3, -0.25) is 9.59 Å². The first-order valence-corrected chi connectivity index (χ1v) is 10.8. The smallest absolute Gasteiger partial charge is 0.255 e. The molecular formula is C27H25N3O2. The summed E-state index contributed by atoms with van der Waals surface area (Å²) in [7, 11) is 0. The zero-order chi connectivity index (χ0) is 22.5. The highest BCUT2D eigenvalue weighted by Gasteiger charge is 2.25. The molecule has 0 spiro atoms. The van der Waals surface area contributed by atoms with Crippen LogP contribution < -0.4 is 5.32 Å². The molecule has 1 aliphatic rings. The van der Waals surface area contributed by atoms with Crippen LogP contribution >= 0.6 is 0 Å². The lowest BCUT2D eigenvalue weighted by Gasteiger charge is -2.32. The number of hydrogen-bond donors (Lipinski definition) is 1. The number of aryl methyl sites for hydroxylation is 1. The number of hydrogen-bond acceptors (Lipinski definition) is 3. The van der Waals surface area contributed by atoms with Crippen LogP contribution in [-0.4, -0.2) is 29.8 Å². The molecule has 0 atom stereocenters. The largest absolute Gasteiger partial charge is 0.339 e. The van der Waals surface area contributed by atoms with E-state index in [9.17, 15) is 9.59 Å². The normalized spacial score (nSPS) is 13.9. The van der Waals surface area contributed by atoms with Gasteiger partial charge in [0.15, 0.2) is 0 Å². The van der Waals surface area contributed by atoms with Gasteiger partial charge in [-0.15, -0.1) is 0 Å². The third-order valence-corrected chi connectivity index (χ3v) is 6.06. The molecule has 5 heteroatoms. The van der Waals surface area contributed by atoms with E-state index in [2.05, 4.69) is 11.4 Å². The van der Waals surface area contributed by atoms with Crippen molar-refractivity contribution in [1.82, 2.24) is 4.90 Å². The predicted octanol–water partition coefficient (Wildman–Crippen LogP) is 5.14. The molecule has 3 aromatic rings. The number of likely N-dealkylation sites (tertiary alicyclic amines) is 1. The Labute approximate surface area is 188 Å². The van der Waals surface area contributed by atoms with Gasteiger partial charge in [-0.25, -0.2) is 0 Å². The molecule has 1 aliphatic heterocycles. The van der Waals surface area contributed by atoms with Gasteiger partial charge in [0.1, 0.15) is 0 Å². The van der Waals surface area contributed by atoms with Crippen molar-refractivity contribution in [3.63, 3.8) is 0 Å². The van der Waals surface area contributed by atoms with Crippen LogP contribution in [0.3, 0.4) is 0 Å². The number of rotatable bonds is 4. The fourth-order valence-corrected chi connectivity index (χ4v) is 4.10. The zero-order valence-electron chi connectivity index (χ0n) is 18.0. The standard InChI is InChI=1S/C27H25N3O2/c1-19-7-10-24(17-25(19)29-26(31)23-5-3-2-4-6-23)27(32)30-15-13-22(14-16-30)21-11-8-20(18-28)9-12-21/h2-12,17,22H,13-16H2,1H3,(H,29,31). The molecule has 1 saturated heterocycles. The minimum absolute atomic E-state index is 0.0153. The maximum absolute atomic E-state index is 13.1. The van der Waals surface area contributed by atoms with Crippen molar-refractivity contribution in [3.05, 3.63) is 101 Å². The lowest BCUT2D eigenvalue weighted by atomic mass is 9.89. The molecule has 2 amide bonds. The van der Waals surface area contributed by atoms with Crippen molar-refractivity contribution in [1.29, 1.82) is 5.26 Å². The summed E-state index contributed by atoms with van der Waals surface area (Å²) in [5, 5.41) is 11.9. The van der Waals surface area contributed by atoms with Crippen LogP contribution in [-0.2, 0) is 0 Å². The van der Waals surface area contributed by atoms with Gasteiger partial charge in [-0.05, 0) is 73.2 Å². The topological polar surface area (TPSA) is 73.2 Å². The van der Waals surface area contributed by atoms with E-state index in [4.69, 9.17) is 5.26 Å². The molecule has 0 saturated carbocycles. The molecule has 0 aromatic heterocycles. The third-order valence-electron chi connectivity index (χ3n) is 6.06. The number of nitrogens with zero attached hydrogens (tertiary/aromatic N) is 2. The molecule has 0 bridgehead atoms. The molecule has 1 heterocycles. The van der Waals surface area contributed by atoms with Crippen LogP contribution in [0.2, 0.25) is 0 Å². The maximum atomic E-state index is 13.1. The zero-order valence-corrected chi connectivity index (χ0v) is 18.0. The highest BCUT2D eigenvalue weighted by atomic mass is 16.2.